The fraction of sp³-hybridized carbons (Fsp3) is 0.450. The Morgan fingerprint density at radius 2 is 1.93 bits per heavy atom. The molecule has 6 nitrogen and oxygen atoms in total. The summed E-state index contributed by atoms with van der Waals surface area (Å²) in [7, 11) is 0. The molecule has 1 saturated heterocycles. The molecule has 1 atom stereocenters. The minimum Gasteiger partial charge on any atom is -0.366 e. The standard InChI is InChI=1S/C20H25N3O3S/c1-14(2)19(18-8-5-13-27-18)21-20(24)15-9-11-22(12-10-15)16-6-3-4-7-17(16)23(25)26/h3-8,13-15,19H,9-12H2,1-2H3,(H,21,24)/t19-/m0/s1. The summed E-state index contributed by atoms with van der Waals surface area (Å²) in [5.74, 6) is 0.356. The quantitative estimate of drug-likeness (QED) is 0.589. The van der Waals surface area contributed by atoms with Crippen molar-refractivity contribution in [1.82, 2.24) is 5.32 Å². The third-order valence-corrected chi connectivity index (χ3v) is 6.05. The lowest BCUT2D eigenvalue weighted by Gasteiger charge is -2.33. The third-order valence-electron chi connectivity index (χ3n) is 5.10. The van der Waals surface area contributed by atoms with E-state index in [1.54, 1.807) is 23.5 Å². The van der Waals surface area contributed by atoms with Crippen LogP contribution in [0, 0.1) is 22.0 Å². The van der Waals surface area contributed by atoms with Crippen LogP contribution in [-0.2, 0) is 4.79 Å². The van der Waals surface area contributed by atoms with Crippen LogP contribution in [0.4, 0.5) is 11.4 Å². The van der Waals surface area contributed by atoms with Crippen molar-refractivity contribution in [3.8, 4) is 0 Å². The van der Waals surface area contributed by atoms with Gasteiger partial charge in [0.15, 0.2) is 0 Å². The Hall–Kier alpha value is -2.41. The first-order chi connectivity index (χ1) is 13.0. The Morgan fingerprint density at radius 3 is 2.52 bits per heavy atom. The minimum atomic E-state index is -0.345. The first-order valence-electron chi connectivity index (χ1n) is 9.29. The summed E-state index contributed by atoms with van der Waals surface area (Å²) < 4.78 is 0. The van der Waals surface area contributed by atoms with Gasteiger partial charge in [-0.25, -0.2) is 0 Å². The summed E-state index contributed by atoms with van der Waals surface area (Å²) in [4.78, 5) is 26.9. The zero-order valence-corrected chi connectivity index (χ0v) is 16.4. The summed E-state index contributed by atoms with van der Waals surface area (Å²) >= 11 is 1.66. The number of nitro benzene ring substituents is 1. The van der Waals surface area contributed by atoms with Crippen LogP contribution < -0.4 is 10.2 Å². The van der Waals surface area contributed by atoms with E-state index in [0.29, 0.717) is 37.5 Å². The van der Waals surface area contributed by atoms with Crippen molar-refractivity contribution >= 4 is 28.6 Å². The van der Waals surface area contributed by atoms with E-state index in [4.69, 9.17) is 0 Å². The Kier molecular flexibility index (Phi) is 6.11. The molecule has 0 spiro atoms. The van der Waals surface area contributed by atoms with Crippen LogP contribution in [0.1, 0.15) is 37.6 Å². The number of carbonyl (C=O) groups is 1. The number of amides is 1. The normalized spacial score (nSPS) is 16.3. The number of rotatable bonds is 6. The maximum atomic E-state index is 12.8. The molecular weight excluding hydrogens is 362 g/mol. The highest BCUT2D eigenvalue weighted by Crippen LogP contribution is 2.32. The van der Waals surface area contributed by atoms with Crippen molar-refractivity contribution in [2.75, 3.05) is 18.0 Å². The van der Waals surface area contributed by atoms with Gasteiger partial charge >= 0.3 is 0 Å². The molecule has 7 heteroatoms. The number of piperidine rings is 1. The maximum absolute atomic E-state index is 12.8. The van der Waals surface area contributed by atoms with Crippen molar-refractivity contribution in [2.45, 2.75) is 32.7 Å². The lowest BCUT2D eigenvalue weighted by atomic mass is 9.94. The van der Waals surface area contributed by atoms with E-state index in [-0.39, 0.29) is 28.5 Å². The van der Waals surface area contributed by atoms with E-state index in [1.165, 1.54) is 10.9 Å². The van der Waals surface area contributed by atoms with Gasteiger partial charge in [0.05, 0.1) is 11.0 Å². The number of nitrogens with one attached hydrogen (secondary N) is 1. The number of benzene rings is 1. The largest absolute Gasteiger partial charge is 0.366 e. The Morgan fingerprint density at radius 1 is 1.22 bits per heavy atom. The molecule has 144 valence electrons. The van der Waals surface area contributed by atoms with E-state index in [1.807, 2.05) is 22.4 Å². The lowest BCUT2D eigenvalue weighted by Crippen LogP contribution is -2.42. The smallest absolute Gasteiger partial charge is 0.292 e. The molecule has 3 rings (SSSR count). The molecule has 1 amide bonds. The molecular formula is C20H25N3O3S. The van der Waals surface area contributed by atoms with Crippen LogP contribution in [0.25, 0.3) is 0 Å². The monoisotopic (exact) mass is 387 g/mol. The van der Waals surface area contributed by atoms with Crippen molar-refractivity contribution < 1.29 is 9.72 Å². The van der Waals surface area contributed by atoms with E-state index in [0.717, 1.165) is 0 Å². The summed E-state index contributed by atoms with van der Waals surface area (Å²) in [6, 6.07) is 10.9. The average molecular weight is 388 g/mol. The molecule has 0 unspecified atom stereocenters. The first-order valence-corrected chi connectivity index (χ1v) is 10.2. The number of hydrogen-bond acceptors (Lipinski definition) is 5. The second-order valence-corrected chi connectivity index (χ2v) is 8.23. The number of carbonyl (C=O) groups excluding carboxylic acids is 1. The zero-order valence-electron chi connectivity index (χ0n) is 15.6. The van der Waals surface area contributed by atoms with Gasteiger partial charge in [-0.1, -0.05) is 32.0 Å². The number of nitro groups is 1. The molecule has 0 saturated carbocycles. The van der Waals surface area contributed by atoms with E-state index in [9.17, 15) is 14.9 Å². The average Bonchev–Trinajstić information content (AvgIpc) is 3.20. The van der Waals surface area contributed by atoms with E-state index in [2.05, 4.69) is 25.2 Å². The van der Waals surface area contributed by atoms with Crippen molar-refractivity contribution in [3.63, 3.8) is 0 Å². The Balaban J connectivity index is 1.62. The molecule has 1 N–H and O–H groups in total. The SMILES string of the molecule is CC(C)[C@H](NC(=O)C1CCN(c2ccccc2[N+](=O)[O-])CC1)c1cccs1. The number of anilines is 1. The predicted molar refractivity (Wildman–Crippen MR) is 108 cm³/mol. The molecule has 1 fully saturated rings. The van der Waals surface area contributed by atoms with Crippen LogP contribution in [0.3, 0.4) is 0 Å². The summed E-state index contributed by atoms with van der Waals surface area (Å²) in [6.07, 6.45) is 1.40. The highest BCUT2D eigenvalue weighted by molar-refractivity contribution is 7.10. The molecule has 0 radical (unpaired) electrons. The summed E-state index contributed by atoms with van der Waals surface area (Å²) in [5, 5.41) is 16.5. The number of para-hydroxylation sites is 2. The van der Waals surface area contributed by atoms with Crippen molar-refractivity contribution in [1.29, 1.82) is 0 Å². The highest BCUT2D eigenvalue weighted by atomic mass is 32.1. The second kappa shape index (κ2) is 8.52. The molecule has 1 aliphatic rings. The fourth-order valence-electron chi connectivity index (χ4n) is 3.57. The number of thiophene rings is 1. The van der Waals surface area contributed by atoms with Crippen LogP contribution in [-0.4, -0.2) is 23.9 Å². The fourth-order valence-corrected chi connectivity index (χ4v) is 4.52. The van der Waals surface area contributed by atoms with E-state index >= 15 is 0 Å². The van der Waals surface area contributed by atoms with Crippen LogP contribution in [0.15, 0.2) is 41.8 Å². The van der Waals surface area contributed by atoms with Gasteiger partial charge < -0.3 is 10.2 Å². The Labute approximate surface area is 163 Å². The van der Waals surface area contributed by atoms with Gasteiger partial charge in [-0.3, -0.25) is 14.9 Å². The van der Waals surface area contributed by atoms with Crippen LogP contribution >= 0.6 is 11.3 Å². The third kappa shape index (κ3) is 4.47. The Bertz CT molecular complexity index is 784. The zero-order chi connectivity index (χ0) is 19.4. The minimum absolute atomic E-state index is 0.0331. The van der Waals surface area contributed by atoms with Gasteiger partial charge in [0.1, 0.15) is 5.69 Å². The van der Waals surface area contributed by atoms with Crippen molar-refractivity contribution in [2.24, 2.45) is 11.8 Å². The van der Waals surface area contributed by atoms with Gasteiger partial charge in [0, 0.05) is 30.0 Å². The summed E-state index contributed by atoms with van der Waals surface area (Å²) in [6.45, 7) is 5.52. The molecule has 2 heterocycles. The molecule has 0 aliphatic carbocycles. The molecule has 1 aliphatic heterocycles. The highest BCUT2D eigenvalue weighted by Gasteiger charge is 2.30. The topological polar surface area (TPSA) is 75.5 Å². The first kappa shape index (κ1) is 19.4. The second-order valence-electron chi connectivity index (χ2n) is 7.25. The maximum Gasteiger partial charge on any atom is 0.292 e. The van der Waals surface area contributed by atoms with Crippen LogP contribution in [0.2, 0.25) is 0 Å². The van der Waals surface area contributed by atoms with E-state index < -0.39 is 0 Å². The molecule has 0 bridgehead atoms. The van der Waals surface area contributed by atoms with Gasteiger partial charge in [0.2, 0.25) is 5.91 Å². The van der Waals surface area contributed by atoms with Gasteiger partial charge in [-0.2, -0.15) is 0 Å². The van der Waals surface area contributed by atoms with Gasteiger partial charge in [0.25, 0.3) is 5.69 Å². The van der Waals surface area contributed by atoms with Crippen LogP contribution in [0.5, 0.6) is 0 Å². The molecule has 1 aromatic carbocycles. The van der Waals surface area contributed by atoms with Gasteiger partial charge in [-0.15, -0.1) is 11.3 Å². The number of hydrogen-bond donors (Lipinski definition) is 1. The summed E-state index contributed by atoms with van der Waals surface area (Å²) in [5.41, 5.74) is 0.762. The molecule has 27 heavy (non-hydrogen) atoms. The lowest BCUT2D eigenvalue weighted by molar-refractivity contribution is -0.384. The van der Waals surface area contributed by atoms with Crippen molar-refractivity contribution in [3.05, 3.63) is 56.8 Å². The number of nitrogens with zero attached hydrogens (tertiary/aromatic N) is 2. The predicted octanol–water partition coefficient (Wildman–Crippen LogP) is 4.39. The molecule has 2 aromatic rings. The molecule has 1 aromatic heterocycles. The van der Waals surface area contributed by atoms with Gasteiger partial charge in [-0.05, 0) is 36.3 Å².